The number of nitrogens with one attached hydrogen (secondary N) is 2. The number of fused-ring (bicyclic) bond motifs is 1. The number of aromatic amines is 1. The molecule has 4 aromatic rings. The highest BCUT2D eigenvalue weighted by Gasteiger charge is 2.28. The third-order valence-electron chi connectivity index (χ3n) is 6.54. The van der Waals surface area contributed by atoms with Gasteiger partial charge in [0.1, 0.15) is 4.70 Å². The van der Waals surface area contributed by atoms with Gasteiger partial charge in [0.15, 0.2) is 0 Å². The van der Waals surface area contributed by atoms with Crippen molar-refractivity contribution in [2.75, 3.05) is 24.5 Å². The number of nitrogens with zero attached hydrogens (tertiary/aromatic N) is 2. The van der Waals surface area contributed by atoms with Gasteiger partial charge in [0.2, 0.25) is 11.9 Å². The second-order valence-corrected chi connectivity index (χ2v) is 9.80. The minimum atomic E-state index is -0.131. The summed E-state index contributed by atoms with van der Waals surface area (Å²) in [4.78, 5) is 35.6. The number of rotatable bonds is 6. The monoisotopic (exact) mass is 472 g/mol. The third kappa shape index (κ3) is 4.61. The molecule has 0 bridgehead atoms. The molecule has 34 heavy (non-hydrogen) atoms. The Balaban J connectivity index is 1.32. The SMILES string of the molecule is C[C@@H](CNC(=O)[C@@H]1CCCN(c2nc3c(-c4ccccc4)csc3c(=O)[nH]2)C1)c1ccccc1. The summed E-state index contributed by atoms with van der Waals surface area (Å²) in [6, 6.07) is 20.2. The van der Waals surface area contributed by atoms with Gasteiger partial charge in [-0.1, -0.05) is 67.6 Å². The number of carbonyl (C=O) groups is 1. The number of thiophene rings is 1. The van der Waals surface area contributed by atoms with E-state index in [4.69, 9.17) is 4.98 Å². The Hall–Kier alpha value is -3.45. The van der Waals surface area contributed by atoms with Crippen LogP contribution in [0.1, 0.15) is 31.2 Å². The number of carbonyl (C=O) groups excluding carboxylic acids is 1. The van der Waals surface area contributed by atoms with Gasteiger partial charge < -0.3 is 10.2 Å². The Morgan fingerprint density at radius 1 is 1.18 bits per heavy atom. The maximum atomic E-state index is 13.0. The summed E-state index contributed by atoms with van der Waals surface area (Å²) in [5.74, 6) is 0.730. The van der Waals surface area contributed by atoms with Crippen LogP contribution < -0.4 is 15.8 Å². The summed E-state index contributed by atoms with van der Waals surface area (Å²) in [5.41, 5.74) is 3.82. The lowest BCUT2D eigenvalue weighted by Crippen LogP contribution is -2.44. The first-order valence-corrected chi connectivity index (χ1v) is 12.6. The number of amides is 1. The summed E-state index contributed by atoms with van der Waals surface area (Å²) in [6.45, 7) is 4.04. The highest BCUT2D eigenvalue weighted by Crippen LogP contribution is 2.32. The first-order valence-electron chi connectivity index (χ1n) is 11.7. The molecule has 2 aromatic heterocycles. The van der Waals surface area contributed by atoms with E-state index in [2.05, 4.69) is 29.4 Å². The lowest BCUT2D eigenvalue weighted by Gasteiger charge is -2.32. The normalized spacial score (nSPS) is 17.0. The van der Waals surface area contributed by atoms with E-state index in [0.717, 1.165) is 36.0 Å². The van der Waals surface area contributed by atoms with Crippen molar-refractivity contribution < 1.29 is 4.79 Å². The Kier molecular flexibility index (Phi) is 6.45. The fraction of sp³-hybridized carbons (Fsp3) is 0.296. The molecule has 0 saturated carbocycles. The van der Waals surface area contributed by atoms with Crippen molar-refractivity contribution in [2.45, 2.75) is 25.7 Å². The smallest absolute Gasteiger partial charge is 0.270 e. The van der Waals surface area contributed by atoms with Gasteiger partial charge in [-0.3, -0.25) is 14.6 Å². The molecule has 0 radical (unpaired) electrons. The van der Waals surface area contributed by atoms with E-state index >= 15 is 0 Å². The zero-order valence-corrected chi connectivity index (χ0v) is 20.0. The van der Waals surface area contributed by atoms with Gasteiger partial charge in [-0.25, -0.2) is 4.98 Å². The quantitative estimate of drug-likeness (QED) is 0.423. The highest BCUT2D eigenvalue weighted by atomic mass is 32.1. The number of H-pyrrole nitrogens is 1. The maximum Gasteiger partial charge on any atom is 0.270 e. The molecular formula is C27H28N4O2S. The number of benzene rings is 2. The van der Waals surface area contributed by atoms with Crippen LogP contribution in [0.4, 0.5) is 5.95 Å². The third-order valence-corrected chi connectivity index (χ3v) is 7.51. The summed E-state index contributed by atoms with van der Waals surface area (Å²) in [7, 11) is 0. The van der Waals surface area contributed by atoms with Crippen LogP contribution in [0.15, 0.2) is 70.8 Å². The molecule has 0 aliphatic carbocycles. The van der Waals surface area contributed by atoms with Crippen molar-refractivity contribution in [1.82, 2.24) is 15.3 Å². The Morgan fingerprint density at radius 3 is 2.68 bits per heavy atom. The van der Waals surface area contributed by atoms with Gasteiger partial charge in [0.25, 0.3) is 5.56 Å². The molecule has 1 aliphatic rings. The van der Waals surface area contributed by atoms with Gasteiger partial charge >= 0.3 is 0 Å². The van der Waals surface area contributed by atoms with Crippen LogP contribution in [0, 0.1) is 5.92 Å². The van der Waals surface area contributed by atoms with Crippen LogP contribution in [0.2, 0.25) is 0 Å². The fourth-order valence-corrected chi connectivity index (χ4v) is 5.48. The van der Waals surface area contributed by atoms with E-state index in [-0.39, 0.29) is 23.3 Å². The zero-order valence-electron chi connectivity index (χ0n) is 19.2. The molecule has 1 fully saturated rings. The standard InChI is InChI=1S/C27H28N4O2S/c1-18(19-9-4-2-5-10-19)15-28-25(32)21-13-8-14-31(16-21)27-29-23-22(20-11-6-3-7-12-20)17-34-24(23)26(33)30-27/h2-7,9-12,17-18,21H,8,13-16H2,1H3,(H,28,32)(H,29,30,33)/t18-,21+/m0/s1. The van der Waals surface area contributed by atoms with Crippen LogP contribution in [-0.4, -0.2) is 35.5 Å². The predicted molar refractivity (Wildman–Crippen MR) is 138 cm³/mol. The highest BCUT2D eigenvalue weighted by molar-refractivity contribution is 7.17. The van der Waals surface area contributed by atoms with Crippen molar-refractivity contribution >= 4 is 33.4 Å². The minimum Gasteiger partial charge on any atom is -0.355 e. The van der Waals surface area contributed by atoms with Gasteiger partial charge in [0.05, 0.1) is 11.4 Å². The molecule has 174 valence electrons. The number of anilines is 1. The van der Waals surface area contributed by atoms with Crippen molar-refractivity contribution in [1.29, 1.82) is 0 Å². The first kappa shape index (κ1) is 22.3. The second kappa shape index (κ2) is 9.81. The molecule has 0 unspecified atom stereocenters. The van der Waals surface area contributed by atoms with Crippen molar-refractivity contribution in [3.8, 4) is 11.1 Å². The van der Waals surface area contributed by atoms with Crippen molar-refractivity contribution in [3.05, 3.63) is 82.0 Å². The molecule has 1 saturated heterocycles. The molecule has 2 aromatic carbocycles. The van der Waals surface area contributed by atoms with Crippen LogP contribution in [-0.2, 0) is 4.79 Å². The molecule has 5 rings (SSSR count). The molecular weight excluding hydrogens is 444 g/mol. The van der Waals surface area contributed by atoms with Gasteiger partial charge in [-0.2, -0.15) is 0 Å². The molecule has 7 heteroatoms. The lowest BCUT2D eigenvalue weighted by molar-refractivity contribution is -0.125. The molecule has 2 N–H and O–H groups in total. The summed E-state index contributed by atoms with van der Waals surface area (Å²) in [5, 5.41) is 5.13. The Morgan fingerprint density at radius 2 is 1.91 bits per heavy atom. The van der Waals surface area contributed by atoms with E-state index in [9.17, 15) is 9.59 Å². The number of aromatic nitrogens is 2. The number of hydrogen-bond donors (Lipinski definition) is 2. The van der Waals surface area contributed by atoms with Gasteiger partial charge in [-0.05, 0) is 29.9 Å². The second-order valence-electron chi connectivity index (χ2n) is 8.92. The van der Waals surface area contributed by atoms with Crippen LogP contribution in [0.3, 0.4) is 0 Å². The predicted octanol–water partition coefficient (Wildman–Crippen LogP) is 4.79. The lowest BCUT2D eigenvalue weighted by atomic mass is 9.96. The van der Waals surface area contributed by atoms with E-state index < -0.39 is 0 Å². The fourth-order valence-electron chi connectivity index (χ4n) is 4.57. The Bertz CT molecular complexity index is 1330. The minimum absolute atomic E-state index is 0.0661. The summed E-state index contributed by atoms with van der Waals surface area (Å²) >= 11 is 1.41. The van der Waals surface area contributed by atoms with Crippen molar-refractivity contribution in [3.63, 3.8) is 0 Å². The summed E-state index contributed by atoms with van der Waals surface area (Å²) in [6.07, 6.45) is 1.71. The van der Waals surface area contributed by atoms with Crippen LogP contribution in [0.25, 0.3) is 21.3 Å². The Labute approximate surface area is 202 Å². The van der Waals surface area contributed by atoms with Crippen molar-refractivity contribution in [2.24, 2.45) is 5.92 Å². The van der Waals surface area contributed by atoms with E-state index in [1.807, 2.05) is 58.8 Å². The zero-order chi connectivity index (χ0) is 23.5. The number of piperidine rings is 1. The van der Waals surface area contributed by atoms with E-state index in [1.54, 1.807) is 0 Å². The largest absolute Gasteiger partial charge is 0.355 e. The van der Waals surface area contributed by atoms with Crippen LogP contribution >= 0.6 is 11.3 Å². The molecule has 6 nitrogen and oxygen atoms in total. The van der Waals surface area contributed by atoms with Crippen LogP contribution in [0.5, 0.6) is 0 Å². The molecule has 3 heterocycles. The average molecular weight is 473 g/mol. The van der Waals surface area contributed by atoms with E-state index in [0.29, 0.717) is 23.7 Å². The van der Waals surface area contributed by atoms with Gasteiger partial charge in [-0.15, -0.1) is 11.3 Å². The molecule has 2 atom stereocenters. The maximum absolute atomic E-state index is 13.0. The first-order chi connectivity index (χ1) is 16.6. The molecule has 1 aliphatic heterocycles. The summed E-state index contributed by atoms with van der Waals surface area (Å²) < 4.78 is 0.629. The average Bonchev–Trinajstić information content (AvgIpc) is 3.33. The molecule has 1 amide bonds. The van der Waals surface area contributed by atoms with E-state index in [1.165, 1.54) is 16.9 Å². The van der Waals surface area contributed by atoms with Gasteiger partial charge in [0, 0.05) is 30.6 Å². The topological polar surface area (TPSA) is 78.1 Å². The number of hydrogen-bond acceptors (Lipinski definition) is 5. The molecule has 0 spiro atoms.